The number of amides is 1. The third kappa shape index (κ3) is 9.66. The molecule has 0 saturated heterocycles. The average molecular weight is 419 g/mol. The van der Waals surface area contributed by atoms with Crippen LogP contribution in [0.25, 0.3) is 0 Å². The number of allylic oxidation sites excluding steroid dienone is 1. The molecule has 0 aliphatic heterocycles. The van der Waals surface area contributed by atoms with Crippen LogP contribution in [0.5, 0.6) is 0 Å². The highest BCUT2D eigenvalue weighted by atomic mass is 32.2. The SMILES string of the molecule is CC.CC.CC(=O)NCc1ccc(NS(=O)C2CCCC=C2C(=O)O)cc1.O.[HH].[HH]. The van der Waals surface area contributed by atoms with Crippen LogP contribution in [0.3, 0.4) is 0 Å². The maximum absolute atomic E-state index is 12.4. The molecule has 1 aromatic carbocycles. The van der Waals surface area contributed by atoms with Crippen LogP contribution < -0.4 is 10.0 Å². The Kier molecular flexibility index (Phi) is 15.8. The molecule has 0 heterocycles. The fourth-order valence-corrected chi connectivity index (χ4v) is 3.72. The van der Waals surface area contributed by atoms with Gasteiger partial charge in [-0.1, -0.05) is 45.9 Å². The van der Waals surface area contributed by atoms with Gasteiger partial charge in [-0.15, -0.1) is 0 Å². The highest BCUT2D eigenvalue weighted by Crippen LogP contribution is 2.24. The fourth-order valence-electron chi connectivity index (χ4n) is 2.40. The van der Waals surface area contributed by atoms with Crippen LogP contribution in [0.15, 0.2) is 35.9 Å². The Morgan fingerprint density at radius 1 is 1.18 bits per heavy atom. The number of carbonyl (C=O) groups excluding carboxylic acids is 1. The molecule has 164 valence electrons. The van der Waals surface area contributed by atoms with Gasteiger partial charge in [-0.3, -0.25) is 4.79 Å². The monoisotopic (exact) mass is 418 g/mol. The summed E-state index contributed by atoms with van der Waals surface area (Å²) in [4.78, 5) is 22.1. The second kappa shape index (κ2) is 15.8. The summed E-state index contributed by atoms with van der Waals surface area (Å²) < 4.78 is 15.3. The standard InChI is InChI=1S/C16H20N2O4S.2C2H6.H2O.2H2/c1-11(19)17-10-12-6-8-13(9-7-12)18-23(22)15-5-3-2-4-14(15)16(20)21;2*1-2;;;/h4,6-9,15,18H,2-3,5,10H2,1H3,(H,17,19)(H,20,21);2*1-2H3;1H2;2*1H. The molecule has 1 aromatic rings. The van der Waals surface area contributed by atoms with Gasteiger partial charge in [-0.2, -0.15) is 0 Å². The lowest BCUT2D eigenvalue weighted by molar-refractivity contribution is -0.132. The lowest BCUT2D eigenvalue weighted by Gasteiger charge is -2.21. The van der Waals surface area contributed by atoms with Gasteiger partial charge in [0.25, 0.3) is 0 Å². The van der Waals surface area contributed by atoms with E-state index in [9.17, 15) is 18.9 Å². The fraction of sp³-hybridized carbons (Fsp3) is 0.500. The molecular formula is C20H38N2O5S. The van der Waals surface area contributed by atoms with E-state index in [1.807, 2.05) is 39.8 Å². The smallest absolute Gasteiger partial charge is 0.332 e. The Hall–Kier alpha value is -2.19. The molecule has 0 radical (unpaired) electrons. The predicted octanol–water partition coefficient (Wildman–Crippen LogP) is 3.68. The maximum atomic E-state index is 12.4. The lowest BCUT2D eigenvalue weighted by atomic mass is 9.99. The number of benzene rings is 1. The molecule has 8 heteroatoms. The normalized spacial score (nSPS) is 15.8. The molecule has 2 unspecified atom stereocenters. The minimum absolute atomic E-state index is 0. The zero-order valence-corrected chi connectivity index (χ0v) is 18.2. The van der Waals surface area contributed by atoms with Crippen molar-refractivity contribution < 1.29 is 27.2 Å². The molecule has 5 N–H and O–H groups in total. The van der Waals surface area contributed by atoms with Crippen LogP contribution in [-0.2, 0) is 27.1 Å². The van der Waals surface area contributed by atoms with Gasteiger partial charge in [0.1, 0.15) is 11.0 Å². The van der Waals surface area contributed by atoms with Crippen LogP contribution in [0.1, 0.15) is 62.3 Å². The minimum atomic E-state index is -1.49. The average Bonchev–Trinajstić information content (AvgIpc) is 2.70. The summed E-state index contributed by atoms with van der Waals surface area (Å²) in [6.45, 7) is 9.89. The van der Waals surface area contributed by atoms with Crippen molar-refractivity contribution >= 4 is 28.5 Å². The number of rotatable bonds is 6. The van der Waals surface area contributed by atoms with E-state index < -0.39 is 22.2 Å². The molecule has 1 aliphatic carbocycles. The van der Waals surface area contributed by atoms with Gasteiger partial charge in [0.2, 0.25) is 5.91 Å². The van der Waals surface area contributed by atoms with E-state index in [1.54, 1.807) is 18.2 Å². The quantitative estimate of drug-likeness (QED) is 0.651. The summed E-state index contributed by atoms with van der Waals surface area (Å²) in [5, 5.41) is 11.4. The number of carbonyl (C=O) groups is 2. The maximum Gasteiger partial charge on any atom is 0.332 e. The number of nitrogens with one attached hydrogen (secondary N) is 2. The number of aliphatic carboxylic acids is 1. The van der Waals surface area contributed by atoms with Crippen molar-refractivity contribution in [2.24, 2.45) is 0 Å². The first-order valence-corrected chi connectivity index (χ1v) is 10.6. The zero-order valence-electron chi connectivity index (χ0n) is 17.4. The summed E-state index contributed by atoms with van der Waals surface area (Å²) >= 11 is 0. The summed E-state index contributed by atoms with van der Waals surface area (Å²) in [5.41, 5.74) is 1.81. The Labute approximate surface area is 173 Å². The predicted molar refractivity (Wildman–Crippen MR) is 120 cm³/mol. The number of hydrogen-bond donors (Lipinski definition) is 3. The van der Waals surface area contributed by atoms with Crippen LogP contribution >= 0.6 is 0 Å². The first kappa shape index (κ1) is 28.0. The van der Waals surface area contributed by atoms with Crippen molar-refractivity contribution in [3.8, 4) is 0 Å². The first-order chi connectivity index (χ1) is 13.0. The third-order valence-corrected chi connectivity index (χ3v) is 5.04. The molecule has 1 aliphatic rings. The second-order valence-electron chi connectivity index (χ2n) is 5.39. The summed E-state index contributed by atoms with van der Waals surface area (Å²) in [7, 11) is -1.49. The van der Waals surface area contributed by atoms with Crippen molar-refractivity contribution in [1.29, 1.82) is 0 Å². The Bertz CT molecular complexity index is 655. The second-order valence-corrected chi connectivity index (χ2v) is 6.76. The number of anilines is 1. The van der Waals surface area contributed by atoms with Gasteiger partial charge < -0.3 is 20.6 Å². The number of hydrogen-bond acceptors (Lipinski definition) is 3. The van der Waals surface area contributed by atoms with Gasteiger partial charge in [-0.25, -0.2) is 9.00 Å². The Morgan fingerprint density at radius 2 is 1.75 bits per heavy atom. The highest BCUT2D eigenvalue weighted by molar-refractivity contribution is 7.87. The van der Waals surface area contributed by atoms with Crippen molar-refractivity contribution in [1.82, 2.24) is 5.32 Å². The molecule has 0 saturated carbocycles. The Balaban J connectivity index is -0.000000455. The Morgan fingerprint density at radius 3 is 2.25 bits per heavy atom. The third-order valence-electron chi connectivity index (χ3n) is 3.60. The van der Waals surface area contributed by atoms with E-state index in [2.05, 4.69) is 10.0 Å². The molecule has 7 nitrogen and oxygen atoms in total. The van der Waals surface area contributed by atoms with Gasteiger partial charge in [0, 0.05) is 22.0 Å². The van der Waals surface area contributed by atoms with Crippen LogP contribution in [0.4, 0.5) is 5.69 Å². The molecule has 2 atom stereocenters. The molecule has 0 aromatic heterocycles. The van der Waals surface area contributed by atoms with Crippen LogP contribution in [-0.4, -0.2) is 31.9 Å². The van der Waals surface area contributed by atoms with E-state index in [0.29, 0.717) is 25.1 Å². The molecule has 0 spiro atoms. The number of carboxylic acid groups (broad SMARTS) is 1. The topological polar surface area (TPSA) is 127 Å². The molecule has 2 rings (SSSR count). The lowest BCUT2D eigenvalue weighted by Crippen LogP contribution is -2.29. The minimum Gasteiger partial charge on any atom is -0.478 e. The van der Waals surface area contributed by atoms with Gasteiger partial charge in [-0.05, 0) is 37.0 Å². The van der Waals surface area contributed by atoms with E-state index in [1.165, 1.54) is 6.92 Å². The first-order valence-electron chi connectivity index (χ1n) is 9.41. The molecule has 28 heavy (non-hydrogen) atoms. The molecule has 1 amide bonds. The van der Waals surface area contributed by atoms with E-state index >= 15 is 0 Å². The van der Waals surface area contributed by atoms with Crippen molar-refractivity contribution in [2.75, 3.05) is 4.72 Å². The van der Waals surface area contributed by atoms with Crippen molar-refractivity contribution in [3.63, 3.8) is 0 Å². The van der Waals surface area contributed by atoms with Crippen LogP contribution in [0.2, 0.25) is 0 Å². The largest absolute Gasteiger partial charge is 0.478 e. The highest BCUT2D eigenvalue weighted by Gasteiger charge is 2.28. The van der Waals surface area contributed by atoms with E-state index in [0.717, 1.165) is 12.0 Å². The summed E-state index contributed by atoms with van der Waals surface area (Å²) in [5.74, 6) is -1.10. The van der Waals surface area contributed by atoms with E-state index in [-0.39, 0.29) is 19.8 Å². The van der Waals surface area contributed by atoms with Crippen molar-refractivity contribution in [2.45, 2.75) is 65.7 Å². The summed E-state index contributed by atoms with van der Waals surface area (Å²) in [6, 6.07) is 7.18. The number of carboxylic acids is 1. The van der Waals surface area contributed by atoms with Gasteiger partial charge in [0.05, 0.1) is 10.8 Å². The zero-order chi connectivity index (χ0) is 20.8. The van der Waals surface area contributed by atoms with Crippen molar-refractivity contribution in [3.05, 3.63) is 41.5 Å². The molecule has 0 bridgehead atoms. The van der Waals surface area contributed by atoms with Gasteiger partial charge in [0.15, 0.2) is 0 Å². The molecular weight excluding hydrogens is 380 g/mol. The van der Waals surface area contributed by atoms with Gasteiger partial charge >= 0.3 is 5.97 Å². The molecule has 0 fully saturated rings. The summed E-state index contributed by atoms with van der Waals surface area (Å²) in [6.07, 6.45) is 3.81. The van der Waals surface area contributed by atoms with E-state index in [4.69, 9.17) is 0 Å². The van der Waals surface area contributed by atoms with Crippen LogP contribution in [0, 0.1) is 0 Å².